The number of nitrogens with zero attached hydrogens (tertiary/aromatic N) is 1. The van der Waals surface area contributed by atoms with Crippen molar-refractivity contribution >= 4 is 23.2 Å². The largest absolute Gasteiger partial charge is 0.573 e. The van der Waals surface area contributed by atoms with Gasteiger partial charge < -0.3 is 14.8 Å². The van der Waals surface area contributed by atoms with Crippen molar-refractivity contribution in [1.82, 2.24) is 10.2 Å². The number of aromatic amines is 1. The SMILES string of the molecule is O=C(Nc1cn[nH]c(=O)c1)c1cc(Cl)c(C(F)(F)F)cc1Oc1ccc(OC(F)(F)F)cc1F. The lowest BCUT2D eigenvalue weighted by Crippen LogP contribution is -2.17. The third-order valence-corrected chi connectivity index (χ3v) is 4.21. The second-order valence-corrected chi connectivity index (χ2v) is 6.76. The molecule has 0 spiro atoms. The van der Waals surface area contributed by atoms with Crippen molar-refractivity contribution < 1.29 is 45.0 Å². The number of nitrogens with one attached hydrogen (secondary N) is 2. The zero-order chi connectivity index (χ0) is 25.3. The Morgan fingerprint density at radius 2 is 1.74 bits per heavy atom. The van der Waals surface area contributed by atoms with Crippen molar-refractivity contribution in [2.45, 2.75) is 12.5 Å². The summed E-state index contributed by atoms with van der Waals surface area (Å²) in [5.41, 5.74) is -2.90. The summed E-state index contributed by atoms with van der Waals surface area (Å²) in [5, 5.41) is 6.75. The van der Waals surface area contributed by atoms with Gasteiger partial charge in [0.05, 0.1) is 28.0 Å². The zero-order valence-electron chi connectivity index (χ0n) is 16.1. The van der Waals surface area contributed by atoms with Crippen LogP contribution in [0.4, 0.5) is 36.4 Å². The highest BCUT2D eigenvalue weighted by atomic mass is 35.5. The van der Waals surface area contributed by atoms with Crippen LogP contribution in [0.2, 0.25) is 5.02 Å². The van der Waals surface area contributed by atoms with Crippen LogP contribution in [0.5, 0.6) is 17.2 Å². The van der Waals surface area contributed by atoms with Gasteiger partial charge in [0.2, 0.25) is 0 Å². The Morgan fingerprint density at radius 3 is 2.32 bits per heavy atom. The lowest BCUT2D eigenvalue weighted by molar-refractivity contribution is -0.274. The molecule has 0 aliphatic rings. The molecule has 0 bridgehead atoms. The lowest BCUT2D eigenvalue weighted by Gasteiger charge is -2.17. The highest BCUT2D eigenvalue weighted by molar-refractivity contribution is 6.32. The molecule has 180 valence electrons. The van der Waals surface area contributed by atoms with E-state index < -0.39 is 63.2 Å². The quantitative estimate of drug-likeness (QED) is 0.440. The number of alkyl halides is 6. The fraction of sp³-hybridized carbons (Fsp3) is 0.105. The number of rotatable bonds is 5. The van der Waals surface area contributed by atoms with Gasteiger partial charge in [-0.3, -0.25) is 9.59 Å². The first-order valence-corrected chi connectivity index (χ1v) is 9.11. The van der Waals surface area contributed by atoms with Crippen LogP contribution in [0, 0.1) is 5.82 Å². The third-order valence-electron chi connectivity index (χ3n) is 3.90. The van der Waals surface area contributed by atoms with Crippen LogP contribution in [-0.2, 0) is 6.18 Å². The molecule has 0 radical (unpaired) electrons. The van der Waals surface area contributed by atoms with Gasteiger partial charge in [0.15, 0.2) is 11.6 Å². The average Bonchev–Trinajstić information content (AvgIpc) is 2.68. The van der Waals surface area contributed by atoms with Gasteiger partial charge in [-0.25, -0.2) is 9.49 Å². The summed E-state index contributed by atoms with van der Waals surface area (Å²) < 4.78 is 99.7. The maximum Gasteiger partial charge on any atom is 0.573 e. The molecule has 3 rings (SSSR count). The standard InChI is InChI=1S/C19H9ClF7N3O4/c20-12-5-10(17(32)29-8-3-16(31)30-28-7-8)15(6-11(12)18(22,23)24)33-14-2-1-9(4-13(14)21)34-19(25,26)27/h1-7H,(H2,29,30,31,32). The summed E-state index contributed by atoms with van der Waals surface area (Å²) in [5.74, 6) is -5.16. The minimum absolute atomic E-state index is 0.143. The van der Waals surface area contributed by atoms with Gasteiger partial charge >= 0.3 is 12.5 Å². The minimum Gasteiger partial charge on any atom is -0.453 e. The predicted octanol–water partition coefficient (Wildman–Crippen LogP) is 5.52. The van der Waals surface area contributed by atoms with Gasteiger partial charge in [0, 0.05) is 12.1 Å². The number of ether oxygens (including phenoxy) is 2. The molecule has 15 heteroatoms. The number of carbonyl (C=O) groups is 1. The molecule has 0 saturated carbocycles. The highest BCUT2D eigenvalue weighted by Gasteiger charge is 2.35. The number of carbonyl (C=O) groups excluding carboxylic acids is 1. The molecule has 0 saturated heterocycles. The van der Waals surface area contributed by atoms with Gasteiger partial charge in [0.25, 0.3) is 11.5 Å². The molecule has 34 heavy (non-hydrogen) atoms. The van der Waals surface area contributed by atoms with Crippen LogP contribution in [-0.4, -0.2) is 22.5 Å². The number of hydrogen-bond donors (Lipinski definition) is 2. The molecule has 3 aromatic rings. The molecular formula is C19H9ClF7N3O4. The van der Waals surface area contributed by atoms with Crippen molar-refractivity contribution in [3.63, 3.8) is 0 Å². The third kappa shape index (κ3) is 6.15. The lowest BCUT2D eigenvalue weighted by atomic mass is 10.1. The average molecular weight is 512 g/mol. The topological polar surface area (TPSA) is 93.3 Å². The second kappa shape index (κ2) is 9.21. The molecule has 0 unspecified atom stereocenters. The van der Waals surface area contributed by atoms with Crippen molar-refractivity contribution in [3.05, 3.63) is 74.9 Å². The fourth-order valence-corrected chi connectivity index (χ4v) is 2.83. The molecule has 0 atom stereocenters. The van der Waals surface area contributed by atoms with E-state index in [-0.39, 0.29) is 11.8 Å². The smallest absolute Gasteiger partial charge is 0.453 e. The summed E-state index contributed by atoms with van der Waals surface area (Å²) in [6, 6.07) is 3.40. The first-order chi connectivity index (χ1) is 15.7. The molecule has 7 nitrogen and oxygen atoms in total. The Bertz CT molecular complexity index is 1290. The van der Waals surface area contributed by atoms with Crippen molar-refractivity contribution in [2.75, 3.05) is 5.32 Å². The maximum absolute atomic E-state index is 14.3. The molecule has 1 heterocycles. The van der Waals surface area contributed by atoms with E-state index >= 15 is 0 Å². The minimum atomic E-state index is -5.12. The summed E-state index contributed by atoms with van der Waals surface area (Å²) >= 11 is 5.65. The summed E-state index contributed by atoms with van der Waals surface area (Å²) in [6.07, 6.45) is -9.10. The second-order valence-electron chi connectivity index (χ2n) is 6.36. The van der Waals surface area contributed by atoms with Crippen LogP contribution in [0.1, 0.15) is 15.9 Å². The van der Waals surface area contributed by atoms with Gasteiger partial charge in [-0.05, 0) is 24.3 Å². The van der Waals surface area contributed by atoms with Crippen molar-refractivity contribution in [3.8, 4) is 17.2 Å². The molecule has 1 amide bonds. The van der Waals surface area contributed by atoms with E-state index in [9.17, 15) is 40.3 Å². The number of H-pyrrole nitrogens is 1. The maximum atomic E-state index is 14.3. The number of anilines is 1. The van der Waals surface area contributed by atoms with E-state index in [1.54, 1.807) is 0 Å². The monoisotopic (exact) mass is 511 g/mol. The Labute approximate surface area is 189 Å². The number of halogens is 8. The van der Waals surface area contributed by atoms with Crippen molar-refractivity contribution in [1.29, 1.82) is 0 Å². The fourth-order valence-electron chi connectivity index (χ4n) is 2.56. The van der Waals surface area contributed by atoms with E-state index in [0.717, 1.165) is 12.3 Å². The van der Waals surface area contributed by atoms with Gasteiger partial charge in [-0.15, -0.1) is 13.2 Å². The van der Waals surface area contributed by atoms with E-state index in [0.29, 0.717) is 24.3 Å². The zero-order valence-corrected chi connectivity index (χ0v) is 16.9. The van der Waals surface area contributed by atoms with E-state index in [4.69, 9.17) is 16.3 Å². The van der Waals surface area contributed by atoms with E-state index in [1.807, 2.05) is 5.10 Å². The van der Waals surface area contributed by atoms with Gasteiger partial charge in [-0.2, -0.15) is 18.3 Å². The molecule has 0 fully saturated rings. The highest BCUT2D eigenvalue weighted by Crippen LogP contribution is 2.40. The number of hydrogen-bond acceptors (Lipinski definition) is 5. The number of benzene rings is 2. The molecule has 2 aromatic carbocycles. The summed E-state index contributed by atoms with van der Waals surface area (Å²) in [4.78, 5) is 24.0. The molecule has 0 aliphatic carbocycles. The van der Waals surface area contributed by atoms with Crippen molar-refractivity contribution in [2.24, 2.45) is 0 Å². The van der Waals surface area contributed by atoms with Crippen LogP contribution in [0.15, 0.2) is 47.4 Å². The first-order valence-electron chi connectivity index (χ1n) is 8.73. The Morgan fingerprint density at radius 1 is 1.03 bits per heavy atom. The van der Waals surface area contributed by atoms with E-state index in [2.05, 4.69) is 15.2 Å². The summed E-state index contributed by atoms with van der Waals surface area (Å²) in [7, 11) is 0. The molecular weight excluding hydrogens is 503 g/mol. The van der Waals surface area contributed by atoms with Gasteiger partial charge in [-0.1, -0.05) is 11.6 Å². The predicted molar refractivity (Wildman–Crippen MR) is 102 cm³/mol. The summed E-state index contributed by atoms with van der Waals surface area (Å²) in [6.45, 7) is 0. The van der Waals surface area contributed by atoms with Crippen LogP contribution in [0.3, 0.4) is 0 Å². The van der Waals surface area contributed by atoms with Crippen LogP contribution in [0.25, 0.3) is 0 Å². The van der Waals surface area contributed by atoms with Crippen LogP contribution < -0.4 is 20.3 Å². The number of amides is 1. The Kier molecular flexibility index (Phi) is 6.72. The number of aromatic nitrogens is 2. The van der Waals surface area contributed by atoms with E-state index in [1.165, 1.54) is 0 Å². The normalized spacial score (nSPS) is 11.8. The molecule has 2 N–H and O–H groups in total. The molecule has 0 aliphatic heterocycles. The Hall–Kier alpha value is -3.81. The first kappa shape index (κ1) is 24.8. The van der Waals surface area contributed by atoms with Gasteiger partial charge in [0.1, 0.15) is 11.5 Å². The molecule has 1 aromatic heterocycles. The van der Waals surface area contributed by atoms with Crippen LogP contribution >= 0.6 is 11.6 Å². The Balaban J connectivity index is 2.02.